The maximum absolute atomic E-state index is 3.43. The average Bonchev–Trinajstić information content (AvgIpc) is 2.93. The second-order valence-electron chi connectivity index (χ2n) is 4.63. The Kier molecular flexibility index (Phi) is 2.36. The number of rotatable bonds is 3. The molecule has 0 aromatic heterocycles. The first kappa shape index (κ1) is 9.72. The molecule has 0 aliphatic heterocycles. The SMILES string of the molecule is CNC1(Cc2ccc(C)c(C)c2)CC1. The molecule has 1 saturated carbocycles. The third kappa shape index (κ3) is 1.83. The molecule has 14 heavy (non-hydrogen) atoms. The van der Waals surface area contributed by atoms with Crippen molar-refractivity contribution in [1.29, 1.82) is 0 Å². The molecule has 0 heterocycles. The second kappa shape index (κ2) is 3.39. The van der Waals surface area contributed by atoms with Gasteiger partial charge in [0.15, 0.2) is 0 Å². The fourth-order valence-corrected chi connectivity index (χ4v) is 1.97. The van der Waals surface area contributed by atoms with Crippen molar-refractivity contribution < 1.29 is 0 Å². The summed E-state index contributed by atoms with van der Waals surface area (Å²) in [7, 11) is 2.08. The van der Waals surface area contributed by atoms with Crippen LogP contribution in [0.4, 0.5) is 0 Å². The Morgan fingerprint density at radius 1 is 1.21 bits per heavy atom. The van der Waals surface area contributed by atoms with Crippen LogP contribution in [0.25, 0.3) is 0 Å². The molecule has 1 aliphatic rings. The summed E-state index contributed by atoms with van der Waals surface area (Å²) in [5, 5.41) is 3.43. The highest BCUT2D eigenvalue weighted by Gasteiger charge is 2.40. The van der Waals surface area contributed by atoms with E-state index in [0.29, 0.717) is 5.54 Å². The quantitative estimate of drug-likeness (QED) is 0.770. The second-order valence-corrected chi connectivity index (χ2v) is 4.63. The van der Waals surface area contributed by atoms with Crippen LogP contribution < -0.4 is 5.32 Å². The minimum absolute atomic E-state index is 0.432. The third-order valence-electron chi connectivity index (χ3n) is 3.50. The van der Waals surface area contributed by atoms with E-state index < -0.39 is 0 Å². The van der Waals surface area contributed by atoms with Crippen LogP contribution in [0.15, 0.2) is 18.2 Å². The van der Waals surface area contributed by atoms with E-state index in [9.17, 15) is 0 Å². The molecule has 0 saturated heterocycles. The van der Waals surface area contributed by atoms with Crippen molar-refractivity contribution in [1.82, 2.24) is 5.32 Å². The molecule has 1 heteroatoms. The van der Waals surface area contributed by atoms with Crippen molar-refractivity contribution in [3.63, 3.8) is 0 Å². The highest BCUT2D eigenvalue weighted by atomic mass is 15.0. The summed E-state index contributed by atoms with van der Waals surface area (Å²) < 4.78 is 0. The van der Waals surface area contributed by atoms with E-state index in [1.807, 2.05) is 0 Å². The van der Waals surface area contributed by atoms with Gasteiger partial charge in [0, 0.05) is 5.54 Å². The van der Waals surface area contributed by atoms with Crippen molar-refractivity contribution in [3.8, 4) is 0 Å². The Bertz CT molecular complexity index is 337. The lowest BCUT2D eigenvalue weighted by molar-refractivity contribution is 0.548. The largest absolute Gasteiger partial charge is 0.314 e. The zero-order valence-corrected chi connectivity index (χ0v) is 9.35. The molecule has 2 rings (SSSR count). The molecular formula is C13H19N. The lowest BCUT2D eigenvalue weighted by atomic mass is 10.00. The van der Waals surface area contributed by atoms with Crippen LogP contribution in [-0.2, 0) is 6.42 Å². The summed E-state index contributed by atoms with van der Waals surface area (Å²) in [5.74, 6) is 0. The van der Waals surface area contributed by atoms with Crippen molar-refractivity contribution >= 4 is 0 Å². The van der Waals surface area contributed by atoms with Gasteiger partial charge in [-0.2, -0.15) is 0 Å². The van der Waals surface area contributed by atoms with E-state index >= 15 is 0 Å². The monoisotopic (exact) mass is 189 g/mol. The molecule has 1 nitrogen and oxygen atoms in total. The molecule has 0 spiro atoms. The summed E-state index contributed by atoms with van der Waals surface area (Å²) in [6.45, 7) is 4.36. The fourth-order valence-electron chi connectivity index (χ4n) is 1.97. The Balaban J connectivity index is 2.14. The maximum atomic E-state index is 3.43. The predicted molar refractivity (Wildman–Crippen MR) is 60.6 cm³/mol. The Hall–Kier alpha value is -0.820. The molecule has 1 aromatic carbocycles. The van der Waals surface area contributed by atoms with Crippen molar-refractivity contribution in [2.45, 2.75) is 38.6 Å². The third-order valence-corrected chi connectivity index (χ3v) is 3.50. The van der Waals surface area contributed by atoms with E-state index in [0.717, 1.165) is 0 Å². The van der Waals surface area contributed by atoms with Gasteiger partial charge < -0.3 is 5.32 Å². The first-order chi connectivity index (χ1) is 6.65. The molecule has 0 atom stereocenters. The average molecular weight is 189 g/mol. The fraction of sp³-hybridized carbons (Fsp3) is 0.538. The topological polar surface area (TPSA) is 12.0 Å². The highest BCUT2D eigenvalue weighted by molar-refractivity contribution is 5.31. The Labute approximate surface area is 86.5 Å². The van der Waals surface area contributed by atoms with Gasteiger partial charge in [-0.1, -0.05) is 18.2 Å². The number of aryl methyl sites for hydroxylation is 2. The molecular weight excluding hydrogens is 170 g/mol. The standard InChI is InChI=1S/C13H19N/c1-10-4-5-12(8-11(10)2)9-13(14-3)6-7-13/h4-5,8,14H,6-7,9H2,1-3H3. The normalized spacial score (nSPS) is 18.2. The predicted octanol–water partition coefficient (Wildman–Crippen LogP) is 2.60. The van der Waals surface area contributed by atoms with Crippen molar-refractivity contribution in [2.24, 2.45) is 0 Å². The summed E-state index contributed by atoms with van der Waals surface area (Å²) in [6.07, 6.45) is 3.84. The zero-order chi connectivity index (χ0) is 10.2. The minimum Gasteiger partial charge on any atom is -0.314 e. The van der Waals surface area contributed by atoms with Gasteiger partial charge in [0.2, 0.25) is 0 Å². The number of likely N-dealkylation sites (N-methyl/N-ethyl adjacent to an activating group) is 1. The van der Waals surface area contributed by atoms with E-state index in [4.69, 9.17) is 0 Å². The number of hydrogen-bond acceptors (Lipinski definition) is 1. The highest BCUT2D eigenvalue weighted by Crippen LogP contribution is 2.38. The van der Waals surface area contributed by atoms with Crippen LogP contribution in [0, 0.1) is 13.8 Å². The molecule has 0 amide bonds. The Morgan fingerprint density at radius 2 is 1.93 bits per heavy atom. The lowest BCUT2D eigenvalue weighted by Crippen LogP contribution is -2.29. The first-order valence-electron chi connectivity index (χ1n) is 5.40. The molecule has 76 valence electrons. The van der Waals surface area contributed by atoms with E-state index in [1.165, 1.54) is 36.0 Å². The van der Waals surface area contributed by atoms with Crippen LogP contribution in [0.2, 0.25) is 0 Å². The van der Waals surface area contributed by atoms with E-state index in [-0.39, 0.29) is 0 Å². The van der Waals surface area contributed by atoms with Gasteiger partial charge >= 0.3 is 0 Å². The summed E-state index contributed by atoms with van der Waals surface area (Å²) >= 11 is 0. The van der Waals surface area contributed by atoms with Gasteiger partial charge in [0.1, 0.15) is 0 Å². The number of hydrogen-bond donors (Lipinski definition) is 1. The molecule has 1 aliphatic carbocycles. The maximum Gasteiger partial charge on any atom is 0.0220 e. The van der Waals surface area contributed by atoms with Crippen molar-refractivity contribution in [3.05, 3.63) is 34.9 Å². The zero-order valence-electron chi connectivity index (χ0n) is 9.35. The molecule has 1 fully saturated rings. The molecule has 1 N–H and O–H groups in total. The van der Waals surface area contributed by atoms with Crippen LogP contribution in [0.3, 0.4) is 0 Å². The summed E-state index contributed by atoms with van der Waals surface area (Å²) in [4.78, 5) is 0. The number of benzene rings is 1. The number of nitrogens with one attached hydrogen (secondary N) is 1. The summed E-state index contributed by atoms with van der Waals surface area (Å²) in [6, 6.07) is 6.82. The molecule has 1 aromatic rings. The Morgan fingerprint density at radius 3 is 2.43 bits per heavy atom. The van der Waals surface area contributed by atoms with Crippen molar-refractivity contribution in [2.75, 3.05) is 7.05 Å². The van der Waals surface area contributed by atoms with Crippen LogP contribution in [0.1, 0.15) is 29.5 Å². The van der Waals surface area contributed by atoms with E-state index in [2.05, 4.69) is 44.4 Å². The van der Waals surface area contributed by atoms with Gasteiger partial charge in [-0.25, -0.2) is 0 Å². The lowest BCUT2D eigenvalue weighted by Gasteiger charge is -2.14. The van der Waals surface area contributed by atoms with Crippen LogP contribution in [0.5, 0.6) is 0 Å². The molecule has 0 bridgehead atoms. The molecule has 0 radical (unpaired) electrons. The smallest absolute Gasteiger partial charge is 0.0220 e. The van der Waals surface area contributed by atoms with Crippen LogP contribution >= 0.6 is 0 Å². The van der Waals surface area contributed by atoms with E-state index in [1.54, 1.807) is 0 Å². The first-order valence-corrected chi connectivity index (χ1v) is 5.40. The van der Waals surface area contributed by atoms with Gasteiger partial charge in [0.25, 0.3) is 0 Å². The van der Waals surface area contributed by atoms with Crippen LogP contribution in [-0.4, -0.2) is 12.6 Å². The van der Waals surface area contributed by atoms with Gasteiger partial charge in [-0.3, -0.25) is 0 Å². The van der Waals surface area contributed by atoms with Gasteiger partial charge in [-0.05, 0) is 56.8 Å². The van der Waals surface area contributed by atoms with Gasteiger partial charge in [0.05, 0.1) is 0 Å². The minimum atomic E-state index is 0.432. The summed E-state index contributed by atoms with van der Waals surface area (Å²) in [5.41, 5.74) is 4.71. The van der Waals surface area contributed by atoms with Gasteiger partial charge in [-0.15, -0.1) is 0 Å². The molecule has 0 unspecified atom stereocenters.